The van der Waals surface area contributed by atoms with Crippen LogP contribution in [0.15, 0.2) is 36.7 Å². The minimum atomic E-state index is 0.227. The number of nitrogens with one attached hydrogen (secondary N) is 1. The summed E-state index contributed by atoms with van der Waals surface area (Å²) in [7, 11) is 3.67. The monoisotopic (exact) mass is 273 g/mol. The van der Waals surface area contributed by atoms with E-state index in [0.29, 0.717) is 0 Å². The zero-order valence-electron chi connectivity index (χ0n) is 12.5. The minimum Gasteiger partial charge on any atom is -0.497 e. The number of benzene rings is 1. The van der Waals surface area contributed by atoms with Gasteiger partial charge in [-0.1, -0.05) is 19.1 Å². The van der Waals surface area contributed by atoms with Gasteiger partial charge in [0, 0.05) is 18.9 Å². The van der Waals surface area contributed by atoms with Crippen LogP contribution < -0.4 is 10.1 Å². The molecule has 0 saturated carbocycles. The van der Waals surface area contributed by atoms with Gasteiger partial charge in [0.1, 0.15) is 11.6 Å². The Hall–Kier alpha value is -1.81. The molecule has 0 amide bonds. The number of nitrogens with zero attached hydrogens (tertiary/aromatic N) is 2. The van der Waals surface area contributed by atoms with E-state index in [4.69, 9.17) is 4.74 Å². The van der Waals surface area contributed by atoms with Gasteiger partial charge in [-0.25, -0.2) is 4.98 Å². The predicted octanol–water partition coefficient (Wildman–Crippen LogP) is 2.80. The first kappa shape index (κ1) is 14.6. The molecule has 0 saturated heterocycles. The SMILES string of the molecule is CCCn1ccnc1C(Cc1ccc(OC)cc1)NC. The van der Waals surface area contributed by atoms with E-state index in [1.807, 2.05) is 25.4 Å². The van der Waals surface area contributed by atoms with Crippen LogP contribution in [-0.2, 0) is 13.0 Å². The molecule has 0 aliphatic heterocycles. The molecule has 0 fully saturated rings. The third kappa shape index (κ3) is 3.39. The number of rotatable bonds is 7. The average molecular weight is 273 g/mol. The van der Waals surface area contributed by atoms with Crippen molar-refractivity contribution in [3.8, 4) is 5.75 Å². The average Bonchev–Trinajstić information content (AvgIpc) is 2.94. The van der Waals surface area contributed by atoms with Crippen LogP contribution >= 0.6 is 0 Å². The largest absolute Gasteiger partial charge is 0.497 e. The van der Waals surface area contributed by atoms with Crippen molar-refractivity contribution >= 4 is 0 Å². The first-order valence-electron chi connectivity index (χ1n) is 7.09. The fraction of sp³-hybridized carbons (Fsp3) is 0.438. The number of likely N-dealkylation sites (N-methyl/N-ethyl adjacent to an activating group) is 1. The fourth-order valence-corrected chi connectivity index (χ4v) is 2.38. The Morgan fingerprint density at radius 1 is 1.30 bits per heavy atom. The van der Waals surface area contributed by atoms with Crippen molar-refractivity contribution in [2.24, 2.45) is 0 Å². The van der Waals surface area contributed by atoms with Crippen LogP contribution in [-0.4, -0.2) is 23.7 Å². The maximum Gasteiger partial charge on any atom is 0.126 e. The van der Waals surface area contributed by atoms with Gasteiger partial charge < -0.3 is 14.6 Å². The van der Waals surface area contributed by atoms with E-state index in [1.165, 1.54) is 5.56 Å². The Labute approximate surface area is 120 Å². The molecule has 108 valence electrons. The molecule has 4 heteroatoms. The molecular weight excluding hydrogens is 250 g/mol. The molecule has 0 aliphatic carbocycles. The maximum atomic E-state index is 5.19. The zero-order valence-corrected chi connectivity index (χ0v) is 12.5. The molecule has 0 spiro atoms. The fourth-order valence-electron chi connectivity index (χ4n) is 2.38. The number of aromatic nitrogens is 2. The molecule has 0 bridgehead atoms. The van der Waals surface area contributed by atoms with Gasteiger partial charge in [0.05, 0.1) is 13.2 Å². The third-order valence-electron chi connectivity index (χ3n) is 3.47. The number of hydrogen-bond acceptors (Lipinski definition) is 3. The Morgan fingerprint density at radius 3 is 2.65 bits per heavy atom. The van der Waals surface area contributed by atoms with Crippen LogP contribution in [0.25, 0.3) is 0 Å². The number of methoxy groups -OCH3 is 1. The molecule has 0 aliphatic rings. The first-order valence-corrected chi connectivity index (χ1v) is 7.09. The molecule has 1 aromatic heterocycles. The van der Waals surface area contributed by atoms with E-state index >= 15 is 0 Å². The van der Waals surface area contributed by atoms with E-state index in [-0.39, 0.29) is 6.04 Å². The van der Waals surface area contributed by atoms with Crippen LogP contribution in [0.1, 0.15) is 30.8 Å². The Bertz CT molecular complexity index is 519. The molecule has 2 aromatic rings. The van der Waals surface area contributed by atoms with Gasteiger partial charge in [0.25, 0.3) is 0 Å². The van der Waals surface area contributed by atoms with Crippen LogP contribution in [0.4, 0.5) is 0 Å². The van der Waals surface area contributed by atoms with E-state index in [0.717, 1.165) is 31.0 Å². The molecule has 1 unspecified atom stereocenters. The smallest absolute Gasteiger partial charge is 0.126 e. The first-order chi connectivity index (χ1) is 9.78. The molecule has 1 N–H and O–H groups in total. The lowest BCUT2D eigenvalue weighted by molar-refractivity contribution is 0.414. The highest BCUT2D eigenvalue weighted by molar-refractivity contribution is 5.28. The van der Waals surface area contributed by atoms with Gasteiger partial charge in [-0.05, 0) is 37.6 Å². The standard InChI is InChI=1S/C16H23N3O/c1-4-10-19-11-9-18-16(19)15(17-2)12-13-5-7-14(20-3)8-6-13/h5-9,11,15,17H,4,10,12H2,1-3H3. The topological polar surface area (TPSA) is 39.1 Å². The van der Waals surface area contributed by atoms with Gasteiger partial charge in [0.2, 0.25) is 0 Å². The second-order valence-corrected chi connectivity index (χ2v) is 4.87. The molecule has 1 atom stereocenters. The summed E-state index contributed by atoms with van der Waals surface area (Å²) in [4.78, 5) is 4.51. The highest BCUT2D eigenvalue weighted by Crippen LogP contribution is 2.19. The molecular formula is C16H23N3O. The highest BCUT2D eigenvalue weighted by Gasteiger charge is 2.15. The van der Waals surface area contributed by atoms with E-state index in [9.17, 15) is 0 Å². The van der Waals surface area contributed by atoms with Gasteiger partial charge in [-0.15, -0.1) is 0 Å². The second-order valence-electron chi connectivity index (χ2n) is 4.87. The zero-order chi connectivity index (χ0) is 14.4. The predicted molar refractivity (Wildman–Crippen MR) is 81.0 cm³/mol. The lowest BCUT2D eigenvalue weighted by Gasteiger charge is -2.17. The molecule has 20 heavy (non-hydrogen) atoms. The Kier molecular flexibility index (Phi) is 5.18. The van der Waals surface area contributed by atoms with Gasteiger partial charge in [-0.2, -0.15) is 0 Å². The van der Waals surface area contributed by atoms with Crippen molar-refractivity contribution in [1.82, 2.24) is 14.9 Å². The summed E-state index contributed by atoms with van der Waals surface area (Å²) >= 11 is 0. The minimum absolute atomic E-state index is 0.227. The quantitative estimate of drug-likeness (QED) is 0.843. The molecule has 2 rings (SSSR count). The van der Waals surface area contributed by atoms with Crippen molar-refractivity contribution in [1.29, 1.82) is 0 Å². The van der Waals surface area contributed by atoms with Crippen molar-refractivity contribution in [3.05, 3.63) is 48.0 Å². The summed E-state index contributed by atoms with van der Waals surface area (Å²) in [6, 6.07) is 8.44. The number of hydrogen-bond donors (Lipinski definition) is 1. The number of aryl methyl sites for hydroxylation is 1. The molecule has 4 nitrogen and oxygen atoms in total. The van der Waals surface area contributed by atoms with E-state index in [1.54, 1.807) is 7.11 Å². The summed E-state index contributed by atoms with van der Waals surface area (Å²) in [5.74, 6) is 1.99. The molecule has 1 aromatic carbocycles. The summed E-state index contributed by atoms with van der Waals surface area (Å²) in [5, 5.41) is 3.37. The normalized spacial score (nSPS) is 12.3. The van der Waals surface area contributed by atoms with Crippen molar-refractivity contribution in [3.63, 3.8) is 0 Å². The highest BCUT2D eigenvalue weighted by atomic mass is 16.5. The lowest BCUT2D eigenvalue weighted by Crippen LogP contribution is -2.23. The van der Waals surface area contributed by atoms with Crippen molar-refractivity contribution in [2.45, 2.75) is 32.4 Å². The van der Waals surface area contributed by atoms with E-state index < -0.39 is 0 Å². The second kappa shape index (κ2) is 7.10. The Morgan fingerprint density at radius 2 is 2.05 bits per heavy atom. The molecule has 1 heterocycles. The maximum absolute atomic E-state index is 5.19. The lowest BCUT2D eigenvalue weighted by atomic mass is 10.1. The number of imidazole rings is 1. The van der Waals surface area contributed by atoms with E-state index in [2.05, 4.69) is 40.1 Å². The van der Waals surface area contributed by atoms with Crippen LogP contribution in [0.5, 0.6) is 5.75 Å². The van der Waals surface area contributed by atoms with Crippen LogP contribution in [0, 0.1) is 0 Å². The van der Waals surface area contributed by atoms with Crippen LogP contribution in [0.2, 0.25) is 0 Å². The van der Waals surface area contributed by atoms with Crippen molar-refractivity contribution < 1.29 is 4.74 Å². The summed E-state index contributed by atoms with van der Waals surface area (Å²) in [6.07, 6.45) is 5.96. The Balaban J connectivity index is 2.13. The van der Waals surface area contributed by atoms with Gasteiger partial charge >= 0.3 is 0 Å². The molecule has 0 radical (unpaired) electrons. The summed E-state index contributed by atoms with van der Waals surface area (Å²) in [5.41, 5.74) is 1.27. The summed E-state index contributed by atoms with van der Waals surface area (Å²) < 4.78 is 7.42. The van der Waals surface area contributed by atoms with Crippen LogP contribution in [0.3, 0.4) is 0 Å². The van der Waals surface area contributed by atoms with Gasteiger partial charge in [-0.3, -0.25) is 0 Å². The van der Waals surface area contributed by atoms with Crippen molar-refractivity contribution in [2.75, 3.05) is 14.2 Å². The number of ether oxygens (including phenoxy) is 1. The third-order valence-corrected chi connectivity index (χ3v) is 3.47. The summed E-state index contributed by atoms with van der Waals surface area (Å²) in [6.45, 7) is 3.19. The van der Waals surface area contributed by atoms with Gasteiger partial charge in [0.15, 0.2) is 0 Å².